The van der Waals surface area contributed by atoms with E-state index in [0.717, 1.165) is 0 Å². The number of hydrogen-bond donors (Lipinski definition) is 0. The third-order valence-electron chi connectivity index (χ3n) is 2.00. The van der Waals surface area contributed by atoms with Gasteiger partial charge in [-0.2, -0.15) is 21.6 Å². The van der Waals surface area contributed by atoms with Crippen LogP contribution in [0.5, 0.6) is 0 Å². The Bertz CT molecular complexity index is 422. The molecule has 1 heterocycles. The van der Waals surface area contributed by atoms with E-state index in [1.54, 1.807) is 0 Å². The molecule has 1 rings (SSSR count). The van der Waals surface area contributed by atoms with Gasteiger partial charge in [-0.15, -0.1) is 6.58 Å². The van der Waals surface area contributed by atoms with Crippen LogP contribution in [0.15, 0.2) is 24.2 Å². The molecule has 0 aromatic carbocycles. The van der Waals surface area contributed by atoms with Gasteiger partial charge in [0.2, 0.25) is 0 Å². The summed E-state index contributed by atoms with van der Waals surface area (Å²) in [5, 5.41) is 0. The minimum Gasteiger partial charge on any atom is -0.465 e. The van der Waals surface area contributed by atoms with Gasteiger partial charge in [0.15, 0.2) is 0 Å². The van der Waals surface area contributed by atoms with E-state index in [2.05, 4.69) is 10.8 Å². The minimum absolute atomic E-state index is 0.128. The molecule has 0 bridgehead atoms. The second-order valence-electron chi connectivity index (χ2n) is 3.32. The molecule has 0 aromatic heterocycles. The summed E-state index contributed by atoms with van der Waals surface area (Å²) in [6.45, 7) is 3.55. The zero-order chi connectivity index (χ0) is 13.1. The van der Waals surface area contributed by atoms with Crippen LogP contribution in [-0.2, 0) is 19.0 Å². The summed E-state index contributed by atoms with van der Waals surface area (Å²) in [4.78, 5) is 0. The Hall–Kier alpha value is -1.18. The second kappa shape index (κ2) is 4.99. The van der Waals surface area contributed by atoms with Crippen LogP contribution >= 0.6 is 0 Å². The summed E-state index contributed by atoms with van der Waals surface area (Å²) in [6, 6.07) is 0. The van der Waals surface area contributed by atoms with E-state index >= 15 is 0 Å². The molecule has 0 fully saturated rings. The Kier molecular flexibility index (Phi) is 4.07. The summed E-state index contributed by atoms with van der Waals surface area (Å²) < 4.78 is 66.6. The monoisotopic (exact) mass is 272 g/mol. The molecule has 0 aliphatic carbocycles. The summed E-state index contributed by atoms with van der Waals surface area (Å²) in [5.74, 6) is -0.575. The predicted molar refractivity (Wildman–Crippen MR) is 53.1 cm³/mol. The van der Waals surface area contributed by atoms with Gasteiger partial charge in [-0.3, -0.25) is 0 Å². The Morgan fingerprint density at radius 1 is 1.47 bits per heavy atom. The maximum Gasteiger partial charge on any atom is 0.534 e. The molecule has 8 heteroatoms. The van der Waals surface area contributed by atoms with Gasteiger partial charge in [0.25, 0.3) is 5.95 Å². The van der Waals surface area contributed by atoms with Crippen molar-refractivity contribution < 1.29 is 30.5 Å². The van der Waals surface area contributed by atoms with Crippen molar-refractivity contribution in [1.29, 1.82) is 0 Å². The number of rotatable bonds is 4. The van der Waals surface area contributed by atoms with E-state index in [9.17, 15) is 21.6 Å². The minimum atomic E-state index is -5.67. The van der Waals surface area contributed by atoms with E-state index < -0.39 is 21.6 Å². The molecule has 1 aliphatic rings. The van der Waals surface area contributed by atoms with Gasteiger partial charge in [-0.25, -0.2) is 0 Å². The van der Waals surface area contributed by atoms with Gasteiger partial charge in [0.05, 0.1) is 6.61 Å². The molecule has 0 amide bonds. The highest BCUT2D eigenvalue weighted by atomic mass is 32.2. The lowest BCUT2D eigenvalue weighted by molar-refractivity contribution is -0.0570. The van der Waals surface area contributed by atoms with Crippen molar-refractivity contribution in [2.45, 2.75) is 24.8 Å². The van der Waals surface area contributed by atoms with Crippen molar-refractivity contribution in [3.63, 3.8) is 0 Å². The molecule has 98 valence electrons. The zero-order valence-electron chi connectivity index (χ0n) is 8.79. The molecule has 0 radical (unpaired) electrons. The number of ether oxygens (including phenoxy) is 1. The van der Waals surface area contributed by atoms with Gasteiger partial charge >= 0.3 is 15.6 Å². The molecule has 0 aromatic rings. The zero-order valence-corrected chi connectivity index (χ0v) is 9.60. The van der Waals surface area contributed by atoms with Gasteiger partial charge in [0, 0.05) is 5.57 Å². The first kappa shape index (κ1) is 13.9. The average molecular weight is 272 g/mol. The van der Waals surface area contributed by atoms with Gasteiger partial charge in [0.1, 0.15) is 0 Å². The average Bonchev–Trinajstić information content (AvgIpc) is 2.19. The van der Waals surface area contributed by atoms with E-state index in [1.807, 2.05) is 0 Å². The lowest BCUT2D eigenvalue weighted by Crippen LogP contribution is -2.27. The molecule has 0 spiro atoms. The fourth-order valence-corrected chi connectivity index (χ4v) is 1.70. The van der Waals surface area contributed by atoms with Crippen LogP contribution in [0.25, 0.3) is 0 Å². The van der Waals surface area contributed by atoms with Crippen LogP contribution in [0.1, 0.15) is 19.3 Å². The smallest absolute Gasteiger partial charge is 0.465 e. The molecule has 1 aliphatic heterocycles. The molecule has 0 saturated carbocycles. The fourth-order valence-electron chi connectivity index (χ4n) is 1.24. The molecular weight excluding hydrogens is 261 g/mol. The van der Waals surface area contributed by atoms with Crippen LogP contribution in [-0.4, -0.2) is 20.5 Å². The predicted octanol–water partition coefficient (Wildman–Crippen LogP) is 2.45. The van der Waals surface area contributed by atoms with E-state index in [-0.39, 0.29) is 13.0 Å². The van der Waals surface area contributed by atoms with Gasteiger partial charge in [-0.1, -0.05) is 6.08 Å². The van der Waals surface area contributed by atoms with Crippen molar-refractivity contribution in [3.8, 4) is 0 Å². The van der Waals surface area contributed by atoms with Crippen molar-refractivity contribution in [3.05, 3.63) is 24.2 Å². The largest absolute Gasteiger partial charge is 0.534 e. The van der Waals surface area contributed by atoms with Crippen molar-refractivity contribution >= 4 is 10.1 Å². The molecule has 17 heavy (non-hydrogen) atoms. The lowest BCUT2D eigenvalue weighted by Gasteiger charge is -2.20. The molecule has 0 unspecified atom stereocenters. The van der Waals surface area contributed by atoms with Crippen LogP contribution in [0.4, 0.5) is 13.2 Å². The highest BCUT2D eigenvalue weighted by Crippen LogP contribution is 2.31. The Morgan fingerprint density at radius 2 is 2.12 bits per heavy atom. The van der Waals surface area contributed by atoms with Crippen LogP contribution < -0.4 is 0 Å². The van der Waals surface area contributed by atoms with Crippen LogP contribution in [0.3, 0.4) is 0 Å². The summed E-state index contributed by atoms with van der Waals surface area (Å²) in [5.41, 5.74) is -5.10. The molecular formula is C9H11F3O4S. The maximum absolute atomic E-state index is 12.1. The van der Waals surface area contributed by atoms with Crippen molar-refractivity contribution in [2.24, 2.45) is 0 Å². The SMILES string of the molecule is C=CCC1=C(OS(=O)(=O)C(F)(F)F)OCCC1. The first-order valence-corrected chi connectivity index (χ1v) is 6.15. The van der Waals surface area contributed by atoms with E-state index in [0.29, 0.717) is 18.4 Å². The normalized spacial score (nSPS) is 17.6. The molecule has 0 saturated heterocycles. The molecule has 0 N–H and O–H groups in total. The van der Waals surface area contributed by atoms with Gasteiger partial charge in [-0.05, 0) is 19.3 Å². The first-order valence-electron chi connectivity index (χ1n) is 4.74. The molecule has 4 nitrogen and oxygen atoms in total. The topological polar surface area (TPSA) is 52.6 Å². The Morgan fingerprint density at radius 3 is 2.65 bits per heavy atom. The first-order chi connectivity index (χ1) is 7.78. The third-order valence-corrected chi connectivity index (χ3v) is 2.94. The fraction of sp³-hybridized carbons (Fsp3) is 0.556. The standard InChI is InChI=1S/C9H11F3O4S/c1-2-4-7-5-3-6-15-8(7)16-17(13,14)9(10,11)12/h2H,1,3-6H2. The third kappa shape index (κ3) is 3.39. The quantitative estimate of drug-likeness (QED) is 0.448. The maximum atomic E-state index is 12.1. The highest BCUT2D eigenvalue weighted by molar-refractivity contribution is 7.87. The van der Waals surface area contributed by atoms with Gasteiger partial charge < -0.3 is 8.92 Å². The molecule has 0 atom stereocenters. The van der Waals surface area contributed by atoms with E-state index in [1.165, 1.54) is 6.08 Å². The number of alkyl halides is 3. The number of allylic oxidation sites excluding steroid dienone is 2. The lowest BCUT2D eigenvalue weighted by atomic mass is 10.1. The summed E-state index contributed by atoms with van der Waals surface area (Å²) in [6.07, 6.45) is 2.69. The summed E-state index contributed by atoms with van der Waals surface area (Å²) in [7, 11) is -5.67. The van der Waals surface area contributed by atoms with Crippen LogP contribution in [0.2, 0.25) is 0 Å². The number of hydrogen-bond acceptors (Lipinski definition) is 4. The van der Waals surface area contributed by atoms with Crippen molar-refractivity contribution in [1.82, 2.24) is 0 Å². The Balaban J connectivity index is 2.95. The second-order valence-corrected chi connectivity index (χ2v) is 4.86. The highest BCUT2D eigenvalue weighted by Gasteiger charge is 2.49. The Labute approximate surface area is 96.8 Å². The summed E-state index contributed by atoms with van der Waals surface area (Å²) >= 11 is 0. The van der Waals surface area contributed by atoms with Crippen molar-refractivity contribution in [2.75, 3.05) is 6.61 Å². The number of halogens is 3. The van der Waals surface area contributed by atoms with E-state index in [4.69, 9.17) is 4.74 Å². The van der Waals surface area contributed by atoms with Crippen LogP contribution in [0, 0.1) is 0 Å².